The minimum absolute atomic E-state index is 0.274. The smallest absolute Gasteiger partial charge is 0.0802 e. The summed E-state index contributed by atoms with van der Waals surface area (Å²) in [5, 5.41) is 14.5. The molecule has 2 aromatic rings. The molecule has 0 fully saturated rings. The molecule has 0 aliphatic heterocycles. The molecular weight excluding hydrogens is 220 g/mol. The normalized spacial score (nSPS) is 11.1. The van der Waals surface area contributed by atoms with Crippen LogP contribution in [-0.2, 0) is 12.8 Å². The second kappa shape index (κ2) is 5.37. The Bertz CT molecular complexity index is 467. The standard InChI is InChI=1S/C12H16N2OS/c1-14-12-6-3-2-5-10(12)11(13-14)9-16-8-4-7-15/h2-3,5-6,15H,4,7-9H2,1H3. The first-order valence-corrected chi connectivity index (χ1v) is 6.57. The summed E-state index contributed by atoms with van der Waals surface area (Å²) in [6.07, 6.45) is 0.857. The van der Waals surface area contributed by atoms with E-state index in [1.54, 1.807) is 0 Å². The molecule has 1 aromatic heterocycles. The first-order valence-electron chi connectivity index (χ1n) is 5.42. The number of hydrogen-bond acceptors (Lipinski definition) is 3. The van der Waals surface area contributed by atoms with E-state index in [0.29, 0.717) is 0 Å². The van der Waals surface area contributed by atoms with Crippen LogP contribution in [0.2, 0.25) is 0 Å². The van der Waals surface area contributed by atoms with E-state index in [-0.39, 0.29) is 6.61 Å². The molecule has 0 spiro atoms. The van der Waals surface area contributed by atoms with Crippen LogP contribution in [0, 0.1) is 0 Å². The second-order valence-electron chi connectivity index (χ2n) is 3.72. The van der Waals surface area contributed by atoms with Crippen molar-refractivity contribution in [3.8, 4) is 0 Å². The molecule has 0 radical (unpaired) electrons. The van der Waals surface area contributed by atoms with Gasteiger partial charge in [-0.25, -0.2) is 0 Å². The fraction of sp³-hybridized carbons (Fsp3) is 0.417. The van der Waals surface area contributed by atoms with Crippen molar-refractivity contribution >= 4 is 22.7 Å². The molecule has 4 heteroatoms. The number of nitrogens with zero attached hydrogens (tertiary/aromatic N) is 2. The quantitative estimate of drug-likeness (QED) is 0.809. The Morgan fingerprint density at radius 2 is 2.19 bits per heavy atom. The van der Waals surface area contributed by atoms with E-state index in [1.165, 1.54) is 10.9 Å². The van der Waals surface area contributed by atoms with Crippen molar-refractivity contribution < 1.29 is 5.11 Å². The molecule has 0 bridgehead atoms. The highest BCUT2D eigenvalue weighted by Crippen LogP contribution is 2.21. The number of aliphatic hydroxyl groups excluding tert-OH is 1. The number of aromatic nitrogens is 2. The second-order valence-corrected chi connectivity index (χ2v) is 4.82. The molecule has 1 N–H and O–H groups in total. The monoisotopic (exact) mass is 236 g/mol. The van der Waals surface area contributed by atoms with Gasteiger partial charge in [0, 0.05) is 24.8 Å². The lowest BCUT2D eigenvalue weighted by atomic mass is 10.2. The number of rotatable bonds is 5. The Morgan fingerprint density at radius 1 is 1.38 bits per heavy atom. The third kappa shape index (κ3) is 2.39. The van der Waals surface area contributed by atoms with Crippen molar-refractivity contribution in [3.05, 3.63) is 30.0 Å². The van der Waals surface area contributed by atoms with Gasteiger partial charge in [0.05, 0.1) is 11.2 Å². The minimum Gasteiger partial charge on any atom is -0.396 e. The maximum Gasteiger partial charge on any atom is 0.0802 e. The van der Waals surface area contributed by atoms with Crippen LogP contribution in [0.5, 0.6) is 0 Å². The number of aryl methyl sites for hydroxylation is 1. The van der Waals surface area contributed by atoms with Gasteiger partial charge in [-0.1, -0.05) is 18.2 Å². The molecule has 1 heterocycles. The van der Waals surface area contributed by atoms with Crippen LogP contribution in [0.4, 0.5) is 0 Å². The summed E-state index contributed by atoms with van der Waals surface area (Å²) in [5.41, 5.74) is 2.32. The zero-order valence-electron chi connectivity index (χ0n) is 9.39. The first-order chi connectivity index (χ1) is 7.83. The summed E-state index contributed by atoms with van der Waals surface area (Å²) in [5.74, 6) is 1.91. The lowest BCUT2D eigenvalue weighted by molar-refractivity contribution is 0.296. The van der Waals surface area contributed by atoms with Gasteiger partial charge in [-0.15, -0.1) is 0 Å². The van der Waals surface area contributed by atoms with Gasteiger partial charge < -0.3 is 5.11 Å². The van der Waals surface area contributed by atoms with Crippen LogP contribution >= 0.6 is 11.8 Å². The number of benzene rings is 1. The largest absolute Gasteiger partial charge is 0.396 e. The molecular formula is C12H16N2OS. The molecule has 0 amide bonds. The molecule has 3 nitrogen and oxygen atoms in total. The zero-order chi connectivity index (χ0) is 11.4. The highest BCUT2D eigenvalue weighted by molar-refractivity contribution is 7.98. The summed E-state index contributed by atoms with van der Waals surface area (Å²) in [6, 6.07) is 8.28. The maximum atomic E-state index is 8.71. The van der Waals surface area contributed by atoms with E-state index < -0.39 is 0 Å². The maximum absolute atomic E-state index is 8.71. The molecule has 1 aromatic carbocycles. The molecule has 0 saturated heterocycles. The fourth-order valence-electron chi connectivity index (χ4n) is 1.73. The van der Waals surface area contributed by atoms with Crippen molar-refractivity contribution in [2.45, 2.75) is 12.2 Å². The zero-order valence-corrected chi connectivity index (χ0v) is 10.2. The van der Waals surface area contributed by atoms with Gasteiger partial charge in [-0.3, -0.25) is 4.68 Å². The van der Waals surface area contributed by atoms with E-state index in [9.17, 15) is 0 Å². The van der Waals surface area contributed by atoms with Crippen LogP contribution in [0.25, 0.3) is 10.9 Å². The lowest BCUT2D eigenvalue weighted by Gasteiger charge is -1.97. The van der Waals surface area contributed by atoms with Gasteiger partial charge in [0.15, 0.2) is 0 Å². The van der Waals surface area contributed by atoms with E-state index in [2.05, 4.69) is 17.2 Å². The lowest BCUT2D eigenvalue weighted by Crippen LogP contribution is -1.91. The summed E-state index contributed by atoms with van der Waals surface area (Å²) in [4.78, 5) is 0. The average molecular weight is 236 g/mol. The van der Waals surface area contributed by atoms with Gasteiger partial charge in [-0.2, -0.15) is 16.9 Å². The number of thioether (sulfide) groups is 1. The number of hydrogen-bond donors (Lipinski definition) is 1. The van der Waals surface area contributed by atoms with Gasteiger partial charge >= 0.3 is 0 Å². The Kier molecular flexibility index (Phi) is 3.85. The SMILES string of the molecule is Cn1nc(CSCCCO)c2ccccc21. The summed E-state index contributed by atoms with van der Waals surface area (Å²) < 4.78 is 1.93. The highest BCUT2D eigenvalue weighted by atomic mass is 32.2. The van der Waals surface area contributed by atoms with Gasteiger partial charge in [-0.05, 0) is 18.2 Å². The van der Waals surface area contributed by atoms with Crippen molar-refractivity contribution in [1.29, 1.82) is 0 Å². The van der Waals surface area contributed by atoms with Crippen LogP contribution in [0.1, 0.15) is 12.1 Å². The van der Waals surface area contributed by atoms with Crippen LogP contribution in [0.3, 0.4) is 0 Å². The third-order valence-corrected chi connectivity index (χ3v) is 3.57. The molecule has 0 saturated carbocycles. The van der Waals surface area contributed by atoms with E-state index >= 15 is 0 Å². The van der Waals surface area contributed by atoms with Crippen molar-refractivity contribution in [2.75, 3.05) is 12.4 Å². The number of fused-ring (bicyclic) bond motifs is 1. The summed E-state index contributed by atoms with van der Waals surface area (Å²) in [6.45, 7) is 0.274. The predicted molar refractivity (Wildman–Crippen MR) is 68.6 cm³/mol. The minimum atomic E-state index is 0.274. The fourth-order valence-corrected chi connectivity index (χ4v) is 2.61. The van der Waals surface area contributed by atoms with Crippen molar-refractivity contribution in [3.63, 3.8) is 0 Å². The van der Waals surface area contributed by atoms with Gasteiger partial charge in [0.25, 0.3) is 0 Å². The molecule has 2 rings (SSSR count). The van der Waals surface area contributed by atoms with Crippen LogP contribution in [0.15, 0.2) is 24.3 Å². The summed E-state index contributed by atoms with van der Waals surface area (Å²) in [7, 11) is 1.98. The van der Waals surface area contributed by atoms with E-state index in [4.69, 9.17) is 5.11 Å². The Hall–Kier alpha value is -1.00. The third-order valence-electron chi connectivity index (χ3n) is 2.52. The molecule has 16 heavy (non-hydrogen) atoms. The van der Waals surface area contributed by atoms with E-state index in [0.717, 1.165) is 23.6 Å². The Labute approximate surface area is 99.5 Å². The Balaban J connectivity index is 2.12. The first kappa shape index (κ1) is 11.5. The average Bonchev–Trinajstić information content (AvgIpc) is 2.63. The molecule has 0 aliphatic rings. The van der Waals surface area contributed by atoms with Crippen molar-refractivity contribution in [2.24, 2.45) is 7.05 Å². The van der Waals surface area contributed by atoms with Crippen molar-refractivity contribution in [1.82, 2.24) is 9.78 Å². The predicted octanol–water partition coefficient (Wildman–Crippen LogP) is 2.19. The van der Waals surface area contributed by atoms with E-state index in [1.807, 2.05) is 35.6 Å². The number of para-hydroxylation sites is 1. The molecule has 0 aliphatic carbocycles. The van der Waals surface area contributed by atoms with Crippen LogP contribution < -0.4 is 0 Å². The topological polar surface area (TPSA) is 38.0 Å². The van der Waals surface area contributed by atoms with Gasteiger partial charge in [0.2, 0.25) is 0 Å². The Morgan fingerprint density at radius 3 is 3.00 bits per heavy atom. The number of aliphatic hydroxyl groups is 1. The van der Waals surface area contributed by atoms with Gasteiger partial charge in [0.1, 0.15) is 0 Å². The molecule has 0 unspecified atom stereocenters. The highest BCUT2D eigenvalue weighted by Gasteiger charge is 2.06. The van der Waals surface area contributed by atoms with Crippen LogP contribution in [-0.4, -0.2) is 27.2 Å². The summed E-state index contributed by atoms with van der Waals surface area (Å²) >= 11 is 1.82. The molecule has 86 valence electrons. The molecule has 0 atom stereocenters.